The Morgan fingerprint density at radius 1 is 1.17 bits per heavy atom. The van der Waals surface area contributed by atoms with Crippen LogP contribution in [0.15, 0.2) is 18.2 Å². The van der Waals surface area contributed by atoms with Gasteiger partial charge in [0.1, 0.15) is 0 Å². The molecule has 5 heteroatoms. The van der Waals surface area contributed by atoms with Crippen molar-refractivity contribution in [2.45, 2.75) is 19.3 Å². The Hall–Kier alpha value is -1.59. The highest BCUT2D eigenvalue weighted by atomic mass is 32.1. The van der Waals surface area contributed by atoms with Crippen LogP contribution in [-0.4, -0.2) is 37.1 Å². The first-order chi connectivity index (χ1) is 11.3. The van der Waals surface area contributed by atoms with E-state index in [0.717, 1.165) is 38.9 Å². The van der Waals surface area contributed by atoms with Crippen molar-refractivity contribution in [3.05, 3.63) is 23.1 Å². The molecule has 4 aliphatic heterocycles. The fourth-order valence-corrected chi connectivity index (χ4v) is 5.25. The molecule has 23 heavy (non-hydrogen) atoms. The number of hydrogen-bond donors (Lipinski definition) is 0. The Labute approximate surface area is 139 Å². The largest absolute Gasteiger partial charge is 0.454 e. The number of benzene rings is 1. The minimum absolute atomic E-state index is 0.290. The summed E-state index contributed by atoms with van der Waals surface area (Å²) in [5.74, 6) is 3.17. The average Bonchev–Trinajstić information content (AvgIpc) is 3.19. The van der Waals surface area contributed by atoms with E-state index in [-0.39, 0.29) is 6.79 Å². The van der Waals surface area contributed by atoms with Crippen LogP contribution in [-0.2, 0) is 0 Å². The predicted molar refractivity (Wildman–Crippen MR) is 89.5 cm³/mol. The molecule has 1 atom stereocenters. The Bertz CT molecular complexity index is 735. The number of carbonyl (C=O) groups excluding carboxylic acids is 1. The van der Waals surface area contributed by atoms with Gasteiger partial charge in [-0.15, -0.1) is 11.3 Å². The van der Waals surface area contributed by atoms with Gasteiger partial charge in [-0.2, -0.15) is 0 Å². The minimum Gasteiger partial charge on any atom is -0.454 e. The first kappa shape index (κ1) is 13.8. The van der Waals surface area contributed by atoms with Crippen LogP contribution in [0.1, 0.15) is 28.9 Å². The van der Waals surface area contributed by atoms with Crippen LogP contribution in [0.25, 0.3) is 10.1 Å². The van der Waals surface area contributed by atoms with Crippen LogP contribution in [0.3, 0.4) is 0 Å². The lowest BCUT2D eigenvalue weighted by molar-refractivity contribution is 0.0442. The summed E-state index contributed by atoms with van der Waals surface area (Å²) in [5, 5.41) is 1.08. The van der Waals surface area contributed by atoms with Gasteiger partial charge in [-0.1, -0.05) is 0 Å². The van der Waals surface area contributed by atoms with E-state index in [1.165, 1.54) is 25.9 Å². The normalized spacial score (nSPS) is 28.4. The number of Topliss-reactive ketones (excluding diaryl/α,β-unsaturated/α-hetero) is 1. The van der Waals surface area contributed by atoms with E-state index in [4.69, 9.17) is 9.47 Å². The molecule has 0 unspecified atom stereocenters. The molecule has 1 aromatic heterocycles. The van der Waals surface area contributed by atoms with Crippen molar-refractivity contribution in [1.29, 1.82) is 0 Å². The number of piperidine rings is 3. The third kappa shape index (κ3) is 2.34. The van der Waals surface area contributed by atoms with Gasteiger partial charge in [0, 0.05) is 23.7 Å². The lowest BCUT2D eigenvalue weighted by Crippen LogP contribution is -2.47. The number of ether oxygens (including phenoxy) is 2. The molecule has 0 N–H and O–H groups in total. The summed E-state index contributed by atoms with van der Waals surface area (Å²) in [6.07, 6.45) is 3.23. The highest BCUT2D eigenvalue weighted by molar-refractivity contribution is 7.20. The molecule has 0 saturated carbocycles. The average molecular weight is 329 g/mol. The molecule has 0 radical (unpaired) electrons. The van der Waals surface area contributed by atoms with Gasteiger partial charge in [0.2, 0.25) is 6.79 Å². The number of nitrogens with zero attached hydrogens (tertiary/aromatic N) is 1. The minimum atomic E-state index is 0.290. The first-order valence-electron chi connectivity index (χ1n) is 8.35. The summed E-state index contributed by atoms with van der Waals surface area (Å²) < 4.78 is 12.0. The summed E-state index contributed by atoms with van der Waals surface area (Å²) in [6.45, 7) is 3.85. The van der Waals surface area contributed by atoms with Crippen molar-refractivity contribution >= 4 is 27.2 Å². The summed E-state index contributed by atoms with van der Waals surface area (Å²) in [5.41, 5.74) is 0. The molecule has 120 valence electrons. The number of fused-ring (bicyclic) bond motifs is 5. The zero-order chi connectivity index (χ0) is 15.4. The van der Waals surface area contributed by atoms with E-state index in [9.17, 15) is 4.79 Å². The molecule has 2 bridgehead atoms. The van der Waals surface area contributed by atoms with E-state index in [2.05, 4.69) is 4.90 Å². The van der Waals surface area contributed by atoms with Crippen LogP contribution in [0.2, 0.25) is 0 Å². The Morgan fingerprint density at radius 2 is 1.96 bits per heavy atom. The second-order valence-corrected chi connectivity index (χ2v) is 7.96. The molecule has 0 spiro atoms. The topological polar surface area (TPSA) is 38.8 Å². The van der Waals surface area contributed by atoms with Crippen LogP contribution in [0.4, 0.5) is 0 Å². The third-order valence-electron chi connectivity index (χ3n) is 5.53. The lowest BCUT2D eigenvalue weighted by Gasteiger charge is -2.44. The molecule has 2 aromatic rings. The molecule has 3 saturated heterocycles. The van der Waals surface area contributed by atoms with E-state index < -0.39 is 0 Å². The van der Waals surface area contributed by atoms with E-state index in [0.29, 0.717) is 18.1 Å². The van der Waals surface area contributed by atoms with Gasteiger partial charge in [0.25, 0.3) is 0 Å². The van der Waals surface area contributed by atoms with Crippen molar-refractivity contribution < 1.29 is 14.3 Å². The SMILES string of the molecule is O=C(C[C@H]1CN2CCC1CC2)c1cc2cc3c(cc2s1)OCO3. The van der Waals surface area contributed by atoms with Crippen molar-refractivity contribution in [3.63, 3.8) is 0 Å². The zero-order valence-corrected chi connectivity index (χ0v) is 13.7. The highest BCUT2D eigenvalue weighted by Gasteiger charge is 2.35. The molecule has 0 aliphatic carbocycles. The second-order valence-electron chi connectivity index (χ2n) is 6.88. The standard InChI is InChI=1S/C18H19NO3S/c20-14(5-13-9-19-3-1-11(13)2-4-19)18-7-12-6-15-16(22-10-21-15)8-17(12)23-18/h6-8,11,13H,1-5,9-10H2/t13-/m0/s1. The summed E-state index contributed by atoms with van der Waals surface area (Å²) in [4.78, 5) is 16.1. The molecule has 3 fully saturated rings. The van der Waals surface area contributed by atoms with Crippen LogP contribution in [0.5, 0.6) is 11.5 Å². The van der Waals surface area contributed by atoms with Gasteiger partial charge in [-0.05, 0) is 55.3 Å². The van der Waals surface area contributed by atoms with Crippen molar-refractivity contribution in [3.8, 4) is 11.5 Å². The fourth-order valence-electron chi connectivity index (χ4n) is 4.22. The van der Waals surface area contributed by atoms with Gasteiger partial charge < -0.3 is 14.4 Å². The molecule has 1 aromatic carbocycles. The van der Waals surface area contributed by atoms with E-state index >= 15 is 0 Å². The molecule has 5 heterocycles. The smallest absolute Gasteiger partial charge is 0.231 e. The highest BCUT2D eigenvalue weighted by Crippen LogP contribution is 2.40. The van der Waals surface area contributed by atoms with Gasteiger partial charge in [-0.25, -0.2) is 0 Å². The Morgan fingerprint density at radius 3 is 2.70 bits per heavy atom. The lowest BCUT2D eigenvalue weighted by atomic mass is 9.76. The number of ketones is 1. The maximum absolute atomic E-state index is 12.7. The monoisotopic (exact) mass is 329 g/mol. The fraction of sp³-hybridized carbons (Fsp3) is 0.500. The molecule has 6 rings (SSSR count). The number of rotatable bonds is 3. The Balaban J connectivity index is 1.38. The number of hydrogen-bond acceptors (Lipinski definition) is 5. The van der Waals surface area contributed by atoms with Crippen molar-refractivity contribution in [1.82, 2.24) is 4.90 Å². The van der Waals surface area contributed by atoms with E-state index in [1.807, 2.05) is 18.2 Å². The third-order valence-corrected chi connectivity index (χ3v) is 6.66. The molecule has 4 nitrogen and oxygen atoms in total. The first-order valence-corrected chi connectivity index (χ1v) is 9.17. The predicted octanol–water partition coefficient (Wildman–Crippen LogP) is 3.54. The van der Waals surface area contributed by atoms with Gasteiger partial charge in [0.15, 0.2) is 17.3 Å². The van der Waals surface area contributed by atoms with Gasteiger partial charge >= 0.3 is 0 Å². The van der Waals surface area contributed by atoms with Gasteiger partial charge in [0.05, 0.1) is 4.88 Å². The summed E-state index contributed by atoms with van der Waals surface area (Å²) in [7, 11) is 0. The second kappa shape index (κ2) is 5.21. The quantitative estimate of drug-likeness (QED) is 0.807. The molecule has 0 amide bonds. The Kier molecular flexibility index (Phi) is 3.13. The summed E-state index contributed by atoms with van der Waals surface area (Å²) in [6, 6.07) is 6.00. The number of thiophene rings is 1. The summed E-state index contributed by atoms with van der Waals surface area (Å²) >= 11 is 1.58. The van der Waals surface area contributed by atoms with E-state index in [1.54, 1.807) is 11.3 Å². The molecule has 4 aliphatic rings. The van der Waals surface area contributed by atoms with Crippen LogP contribution < -0.4 is 9.47 Å². The van der Waals surface area contributed by atoms with Crippen LogP contribution in [0, 0.1) is 11.8 Å². The zero-order valence-electron chi connectivity index (χ0n) is 12.9. The van der Waals surface area contributed by atoms with Crippen LogP contribution >= 0.6 is 11.3 Å². The van der Waals surface area contributed by atoms with Crippen molar-refractivity contribution in [2.24, 2.45) is 11.8 Å². The van der Waals surface area contributed by atoms with Gasteiger partial charge in [-0.3, -0.25) is 4.79 Å². The number of carbonyl (C=O) groups is 1. The molecular weight excluding hydrogens is 310 g/mol. The maximum atomic E-state index is 12.7. The van der Waals surface area contributed by atoms with Crippen molar-refractivity contribution in [2.75, 3.05) is 26.4 Å². The molecular formula is C18H19NO3S. The maximum Gasteiger partial charge on any atom is 0.231 e.